The maximum Gasteiger partial charge on any atom is 0.240 e. The van der Waals surface area contributed by atoms with Gasteiger partial charge in [0.05, 0.1) is 11.9 Å². The molecular formula is C15H23N3O4S. The first kappa shape index (κ1) is 19.0. The molecule has 8 heteroatoms. The second-order valence-electron chi connectivity index (χ2n) is 5.20. The number of carbonyl (C=O) groups is 2. The van der Waals surface area contributed by atoms with E-state index < -0.39 is 10.0 Å². The minimum Gasteiger partial charge on any atom is -0.355 e. The number of benzene rings is 1. The van der Waals surface area contributed by atoms with Gasteiger partial charge in [-0.25, -0.2) is 8.42 Å². The van der Waals surface area contributed by atoms with Gasteiger partial charge in [0.15, 0.2) is 0 Å². The third-order valence-electron chi connectivity index (χ3n) is 2.99. The molecule has 0 radical (unpaired) electrons. The Morgan fingerprint density at radius 2 is 1.96 bits per heavy atom. The van der Waals surface area contributed by atoms with Crippen LogP contribution in [0.5, 0.6) is 0 Å². The van der Waals surface area contributed by atoms with Gasteiger partial charge in [-0.2, -0.15) is 0 Å². The fourth-order valence-electron chi connectivity index (χ4n) is 1.93. The maximum atomic E-state index is 12.0. The average Bonchev–Trinajstić information content (AvgIpc) is 2.43. The minimum absolute atomic E-state index is 0.259. The normalized spacial score (nSPS) is 10.9. The van der Waals surface area contributed by atoms with E-state index in [9.17, 15) is 18.0 Å². The van der Waals surface area contributed by atoms with Crippen molar-refractivity contribution in [3.63, 3.8) is 0 Å². The molecule has 1 rings (SSSR count). The first-order chi connectivity index (χ1) is 10.7. The number of hydrogen-bond acceptors (Lipinski definition) is 4. The van der Waals surface area contributed by atoms with E-state index in [2.05, 4.69) is 10.6 Å². The van der Waals surface area contributed by atoms with Crippen molar-refractivity contribution in [2.24, 2.45) is 0 Å². The molecule has 0 spiro atoms. The number of carbonyl (C=O) groups excluding carboxylic acids is 2. The monoisotopic (exact) mass is 341 g/mol. The predicted octanol–water partition coefficient (Wildman–Crippen LogP) is 1.33. The number of anilines is 2. The van der Waals surface area contributed by atoms with Gasteiger partial charge in [-0.15, -0.1) is 0 Å². The van der Waals surface area contributed by atoms with E-state index in [4.69, 9.17) is 0 Å². The molecule has 0 atom stereocenters. The Kier molecular flexibility index (Phi) is 7.02. The largest absolute Gasteiger partial charge is 0.355 e. The first-order valence-electron chi connectivity index (χ1n) is 7.36. The molecule has 128 valence electrons. The van der Waals surface area contributed by atoms with Crippen LogP contribution in [-0.4, -0.2) is 39.6 Å². The summed E-state index contributed by atoms with van der Waals surface area (Å²) >= 11 is 0. The Morgan fingerprint density at radius 1 is 1.26 bits per heavy atom. The molecule has 0 bridgehead atoms. The van der Waals surface area contributed by atoms with E-state index in [-0.39, 0.29) is 18.4 Å². The van der Waals surface area contributed by atoms with Gasteiger partial charge in [-0.1, -0.05) is 19.4 Å². The van der Waals surface area contributed by atoms with Gasteiger partial charge < -0.3 is 10.6 Å². The van der Waals surface area contributed by atoms with Crippen LogP contribution in [0, 0.1) is 0 Å². The third kappa shape index (κ3) is 6.68. The molecule has 1 aromatic carbocycles. The lowest BCUT2D eigenvalue weighted by atomic mass is 10.2. The van der Waals surface area contributed by atoms with Gasteiger partial charge in [0, 0.05) is 19.2 Å². The molecule has 0 aliphatic heterocycles. The highest BCUT2D eigenvalue weighted by Gasteiger charge is 2.21. The van der Waals surface area contributed by atoms with Crippen LogP contribution in [0.25, 0.3) is 0 Å². The number of unbranched alkanes of at least 4 members (excludes halogenated alkanes) is 1. The zero-order valence-electron chi connectivity index (χ0n) is 13.6. The highest BCUT2D eigenvalue weighted by atomic mass is 32.2. The molecule has 2 amide bonds. The van der Waals surface area contributed by atoms with Gasteiger partial charge in [-0.3, -0.25) is 13.9 Å². The standard InChI is InChI=1S/C15H23N3O4S/c1-4-5-9-16-15(20)11-18(23(3,21)22)14-8-6-7-13(10-14)17-12(2)19/h6-8,10H,4-5,9,11H2,1-3H3,(H,16,20)(H,17,19). The zero-order valence-corrected chi connectivity index (χ0v) is 14.4. The van der Waals surface area contributed by atoms with E-state index in [1.807, 2.05) is 6.92 Å². The first-order valence-corrected chi connectivity index (χ1v) is 9.21. The average molecular weight is 341 g/mol. The van der Waals surface area contributed by atoms with Crippen molar-refractivity contribution in [1.29, 1.82) is 0 Å². The molecule has 0 aromatic heterocycles. The molecule has 23 heavy (non-hydrogen) atoms. The van der Waals surface area contributed by atoms with E-state index in [1.165, 1.54) is 13.0 Å². The molecule has 0 saturated carbocycles. The van der Waals surface area contributed by atoms with E-state index in [0.717, 1.165) is 23.4 Å². The quantitative estimate of drug-likeness (QED) is 0.697. The Bertz CT molecular complexity index is 658. The van der Waals surface area contributed by atoms with E-state index in [1.54, 1.807) is 18.2 Å². The minimum atomic E-state index is -3.63. The summed E-state index contributed by atoms with van der Waals surface area (Å²) in [6, 6.07) is 6.36. The van der Waals surface area contributed by atoms with Gasteiger partial charge in [0.1, 0.15) is 6.54 Å². The van der Waals surface area contributed by atoms with Crippen molar-refractivity contribution in [3.05, 3.63) is 24.3 Å². The van der Waals surface area contributed by atoms with Crippen LogP contribution in [0.4, 0.5) is 11.4 Å². The van der Waals surface area contributed by atoms with Gasteiger partial charge in [0.25, 0.3) is 0 Å². The van der Waals surface area contributed by atoms with Crippen molar-refractivity contribution >= 4 is 33.2 Å². The van der Waals surface area contributed by atoms with Crippen molar-refractivity contribution in [2.45, 2.75) is 26.7 Å². The molecule has 1 aromatic rings. The maximum absolute atomic E-state index is 12.0. The number of amides is 2. The molecule has 0 saturated heterocycles. The molecule has 0 aliphatic rings. The highest BCUT2D eigenvalue weighted by molar-refractivity contribution is 7.92. The lowest BCUT2D eigenvalue weighted by Gasteiger charge is -2.22. The molecule has 0 fully saturated rings. The lowest BCUT2D eigenvalue weighted by Crippen LogP contribution is -2.40. The van der Waals surface area contributed by atoms with Gasteiger partial charge in [-0.05, 0) is 24.6 Å². The number of rotatable bonds is 8. The molecule has 7 nitrogen and oxygen atoms in total. The summed E-state index contributed by atoms with van der Waals surface area (Å²) < 4.78 is 25.0. The van der Waals surface area contributed by atoms with E-state index >= 15 is 0 Å². The fraction of sp³-hybridized carbons (Fsp3) is 0.467. The SMILES string of the molecule is CCCCNC(=O)CN(c1cccc(NC(C)=O)c1)S(C)(=O)=O. The van der Waals surface area contributed by atoms with Crippen LogP contribution >= 0.6 is 0 Å². The summed E-state index contributed by atoms with van der Waals surface area (Å²) in [6.45, 7) is 3.58. The Hall–Kier alpha value is -2.09. The summed E-state index contributed by atoms with van der Waals surface area (Å²) in [5.41, 5.74) is 0.791. The number of nitrogens with one attached hydrogen (secondary N) is 2. The second kappa shape index (κ2) is 8.52. The second-order valence-corrected chi connectivity index (χ2v) is 7.11. The zero-order chi connectivity index (χ0) is 17.5. The summed E-state index contributed by atoms with van der Waals surface area (Å²) in [6.07, 6.45) is 2.81. The fourth-order valence-corrected chi connectivity index (χ4v) is 2.78. The summed E-state index contributed by atoms with van der Waals surface area (Å²) in [4.78, 5) is 23.0. The van der Waals surface area contributed by atoms with Gasteiger partial charge >= 0.3 is 0 Å². The number of nitrogens with zero attached hydrogens (tertiary/aromatic N) is 1. The number of hydrogen-bond donors (Lipinski definition) is 2. The van der Waals surface area contributed by atoms with Crippen LogP contribution < -0.4 is 14.9 Å². The van der Waals surface area contributed by atoms with Crippen molar-refractivity contribution in [3.8, 4) is 0 Å². The summed E-state index contributed by atoms with van der Waals surface area (Å²) in [7, 11) is -3.63. The Balaban J connectivity index is 2.95. The predicted molar refractivity (Wildman–Crippen MR) is 90.9 cm³/mol. The topological polar surface area (TPSA) is 95.6 Å². The van der Waals surface area contributed by atoms with Crippen LogP contribution in [0.2, 0.25) is 0 Å². The summed E-state index contributed by atoms with van der Waals surface area (Å²) in [5, 5.41) is 5.27. The Labute approximate surface area is 137 Å². The van der Waals surface area contributed by atoms with Crippen LogP contribution in [0.3, 0.4) is 0 Å². The van der Waals surface area contributed by atoms with Crippen molar-refractivity contribution < 1.29 is 18.0 Å². The molecule has 0 aliphatic carbocycles. The molecule has 2 N–H and O–H groups in total. The van der Waals surface area contributed by atoms with Crippen LogP contribution in [0.1, 0.15) is 26.7 Å². The highest BCUT2D eigenvalue weighted by Crippen LogP contribution is 2.21. The third-order valence-corrected chi connectivity index (χ3v) is 4.14. The number of sulfonamides is 1. The molecular weight excluding hydrogens is 318 g/mol. The Morgan fingerprint density at radius 3 is 2.52 bits per heavy atom. The van der Waals surface area contributed by atoms with Crippen molar-refractivity contribution in [2.75, 3.05) is 29.0 Å². The van der Waals surface area contributed by atoms with Crippen molar-refractivity contribution in [1.82, 2.24) is 5.32 Å². The van der Waals surface area contributed by atoms with Crippen LogP contribution in [0.15, 0.2) is 24.3 Å². The van der Waals surface area contributed by atoms with Crippen LogP contribution in [-0.2, 0) is 19.6 Å². The molecule has 0 unspecified atom stereocenters. The van der Waals surface area contributed by atoms with Gasteiger partial charge in [0.2, 0.25) is 21.8 Å². The lowest BCUT2D eigenvalue weighted by molar-refractivity contribution is -0.119. The summed E-state index contributed by atoms with van der Waals surface area (Å²) in [5.74, 6) is -0.626. The van der Waals surface area contributed by atoms with E-state index in [0.29, 0.717) is 17.9 Å². The smallest absolute Gasteiger partial charge is 0.240 e. The molecule has 0 heterocycles.